The summed E-state index contributed by atoms with van der Waals surface area (Å²) in [4.78, 5) is 0. The molecule has 12 heavy (non-hydrogen) atoms. The lowest BCUT2D eigenvalue weighted by molar-refractivity contribution is 0.405. The highest BCUT2D eigenvalue weighted by molar-refractivity contribution is 6.79. The first kappa shape index (κ1) is 10.5. The van der Waals surface area contributed by atoms with E-state index in [1.54, 1.807) is 0 Å². The fourth-order valence-corrected chi connectivity index (χ4v) is 5.23. The summed E-state index contributed by atoms with van der Waals surface area (Å²) in [5, 5.41) is 0. The molecule has 0 saturated carbocycles. The zero-order chi connectivity index (χ0) is 9.57. The van der Waals surface area contributed by atoms with E-state index in [1.165, 1.54) is 6.04 Å². The van der Waals surface area contributed by atoms with Gasteiger partial charge in [-0.15, -0.1) is 0 Å². The van der Waals surface area contributed by atoms with Gasteiger partial charge in [0.05, 0.1) is 19.9 Å². The van der Waals surface area contributed by atoms with Gasteiger partial charge in [0.1, 0.15) is 0 Å². The minimum Gasteiger partial charge on any atom is -0.374 e. The highest BCUT2D eigenvalue weighted by atomic mass is 28.3. The van der Waals surface area contributed by atoms with Gasteiger partial charge in [-0.2, -0.15) is 0 Å². The van der Waals surface area contributed by atoms with Crippen LogP contribution in [0.3, 0.4) is 0 Å². The maximum absolute atomic E-state index is 5.75. The summed E-state index contributed by atoms with van der Waals surface area (Å²) in [5.74, 6) is 0. The summed E-state index contributed by atoms with van der Waals surface area (Å²) in [5.41, 5.74) is 0.671. The van der Waals surface area contributed by atoms with Crippen LogP contribution in [0.4, 0.5) is 0 Å². The van der Waals surface area contributed by atoms with Crippen LogP contribution < -0.4 is 0 Å². The number of hydrogen-bond acceptors (Lipinski definition) is 1. The monoisotopic (exact) mass is 202 g/mol. The summed E-state index contributed by atoms with van der Waals surface area (Å²) >= 11 is 0. The molecule has 0 radical (unpaired) electrons. The molecule has 3 heteroatoms. The summed E-state index contributed by atoms with van der Waals surface area (Å²) in [6.07, 6.45) is 0.642. The Bertz CT molecular complexity index is 166. The van der Waals surface area contributed by atoms with E-state index in [0.717, 1.165) is 0 Å². The van der Waals surface area contributed by atoms with Gasteiger partial charge in [0.25, 0.3) is 0 Å². The third-order valence-corrected chi connectivity index (χ3v) is 6.09. The standard InChI is InChI=1S/C9H22OSi2/c1-11(2,3)7-8-9(10-8)12(4,5)6/h8-9H,7H2,1-6H3. The highest BCUT2D eigenvalue weighted by Gasteiger charge is 2.49. The second kappa shape index (κ2) is 2.96. The molecule has 1 aliphatic rings. The molecule has 2 unspecified atom stereocenters. The molecule has 0 bridgehead atoms. The van der Waals surface area contributed by atoms with E-state index in [4.69, 9.17) is 4.74 Å². The van der Waals surface area contributed by atoms with Gasteiger partial charge in [0.2, 0.25) is 0 Å². The van der Waals surface area contributed by atoms with Gasteiger partial charge in [-0.25, -0.2) is 0 Å². The van der Waals surface area contributed by atoms with Gasteiger partial charge in [-0.1, -0.05) is 39.3 Å². The summed E-state index contributed by atoms with van der Waals surface area (Å²) in [6, 6.07) is 1.36. The second-order valence-electron chi connectivity index (χ2n) is 6.23. The van der Waals surface area contributed by atoms with E-state index in [2.05, 4.69) is 39.3 Å². The quantitative estimate of drug-likeness (QED) is 0.506. The molecule has 1 nitrogen and oxygen atoms in total. The van der Waals surface area contributed by atoms with E-state index in [-0.39, 0.29) is 0 Å². The van der Waals surface area contributed by atoms with Crippen molar-refractivity contribution in [2.45, 2.75) is 57.2 Å². The second-order valence-corrected chi connectivity index (χ2v) is 17.1. The Morgan fingerprint density at radius 1 is 1.00 bits per heavy atom. The minimum absolute atomic E-state index is 0.642. The average Bonchev–Trinajstić information content (AvgIpc) is 2.37. The number of rotatable bonds is 3. The van der Waals surface area contributed by atoms with Gasteiger partial charge in [0, 0.05) is 8.07 Å². The van der Waals surface area contributed by atoms with Gasteiger partial charge < -0.3 is 4.74 Å². The van der Waals surface area contributed by atoms with E-state index in [1.807, 2.05) is 0 Å². The highest BCUT2D eigenvalue weighted by Crippen LogP contribution is 2.36. The summed E-state index contributed by atoms with van der Waals surface area (Å²) < 4.78 is 5.75. The summed E-state index contributed by atoms with van der Waals surface area (Å²) in [6.45, 7) is 14.5. The largest absolute Gasteiger partial charge is 0.374 e. The number of hydrogen-bond donors (Lipinski definition) is 0. The van der Waals surface area contributed by atoms with Crippen LogP contribution in [0.1, 0.15) is 0 Å². The lowest BCUT2D eigenvalue weighted by atomic mass is 10.6. The van der Waals surface area contributed by atoms with Crippen molar-refractivity contribution in [3.8, 4) is 0 Å². The van der Waals surface area contributed by atoms with Crippen LogP contribution in [0.15, 0.2) is 0 Å². The smallest absolute Gasteiger partial charge is 0.0819 e. The molecular formula is C9H22OSi2. The zero-order valence-electron chi connectivity index (χ0n) is 9.27. The molecule has 1 fully saturated rings. The van der Waals surface area contributed by atoms with Crippen LogP contribution in [0.25, 0.3) is 0 Å². The molecule has 0 aliphatic carbocycles. The van der Waals surface area contributed by atoms with Crippen molar-refractivity contribution in [1.29, 1.82) is 0 Å². The molecule has 0 aromatic carbocycles. The lowest BCUT2D eigenvalue weighted by Crippen LogP contribution is -2.32. The van der Waals surface area contributed by atoms with Gasteiger partial charge in [-0.05, 0) is 6.04 Å². The molecule has 72 valence electrons. The first-order valence-corrected chi connectivity index (χ1v) is 12.1. The first-order chi connectivity index (χ1) is 5.20. The van der Waals surface area contributed by atoms with E-state index < -0.39 is 16.1 Å². The molecule has 0 aromatic rings. The molecule has 1 rings (SSSR count). The molecule has 0 N–H and O–H groups in total. The fourth-order valence-electron chi connectivity index (χ4n) is 1.66. The molecule has 1 saturated heterocycles. The lowest BCUT2D eigenvalue weighted by Gasteiger charge is -2.15. The van der Waals surface area contributed by atoms with Crippen LogP contribution in [0.2, 0.25) is 45.3 Å². The van der Waals surface area contributed by atoms with Crippen molar-refractivity contribution in [3.63, 3.8) is 0 Å². The van der Waals surface area contributed by atoms with E-state index >= 15 is 0 Å². The van der Waals surface area contributed by atoms with Gasteiger partial charge in [0.15, 0.2) is 0 Å². The maximum Gasteiger partial charge on any atom is 0.0819 e. The number of epoxide rings is 1. The number of ether oxygens (including phenoxy) is 1. The van der Waals surface area contributed by atoms with Crippen molar-refractivity contribution in [3.05, 3.63) is 0 Å². The van der Waals surface area contributed by atoms with Crippen molar-refractivity contribution in [1.82, 2.24) is 0 Å². The van der Waals surface area contributed by atoms with Gasteiger partial charge in [-0.3, -0.25) is 0 Å². The van der Waals surface area contributed by atoms with Crippen molar-refractivity contribution in [2.75, 3.05) is 0 Å². The van der Waals surface area contributed by atoms with Crippen LogP contribution in [0, 0.1) is 0 Å². The molecular weight excluding hydrogens is 180 g/mol. The van der Waals surface area contributed by atoms with Crippen molar-refractivity contribution < 1.29 is 4.74 Å². The van der Waals surface area contributed by atoms with Crippen LogP contribution in [0.5, 0.6) is 0 Å². The van der Waals surface area contributed by atoms with Crippen LogP contribution >= 0.6 is 0 Å². The van der Waals surface area contributed by atoms with Crippen molar-refractivity contribution >= 4 is 16.1 Å². The Morgan fingerprint density at radius 3 is 1.75 bits per heavy atom. The molecule has 0 spiro atoms. The van der Waals surface area contributed by atoms with E-state index in [0.29, 0.717) is 11.8 Å². The topological polar surface area (TPSA) is 12.5 Å². The third-order valence-electron chi connectivity index (χ3n) is 2.25. The molecule has 0 amide bonds. The average molecular weight is 202 g/mol. The first-order valence-electron chi connectivity index (χ1n) is 4.86. The predicted molar refractivity (Wildman–Crippen MR) is 60.2 cm³/mol. The predicted octanol–water partition coefficient (Wildman–Crippen LogP) is 2.97. The Kier molecular flexibility index (Phi) is 2.58. The third kappa shape index (κ3) is 3.03. The van der Waals surface area contributed by atoms with E-state index in [9.17, 15) is 0 Å². The van der Waals surface area contributed by atoms with Crippen molar-refractivity contribution in [2.24, 2.45) is 0 Å². The maximum atomic E-state index is 5.75. The fraction of sp³-hybridized carbons (Fsp3) is 1.00. The van der Waals surface area contributed by atoms with Crippen LogP contribution in [-0.4, -0.2) is 28.0 Å². The zero-order valence-corrected chi connectivity index (χ0v) is 11.3. The normalized spacial score (nSPS) is 30.5. The van der Waals surface area contributed by atoms with Gasteiger partial charge >= 0.3 is 0 Å². The Morgan fingerprint density at radius 2 is 1.50 bits per heavy atom. The molecule has 0 aromatic heterocycles. The molecule has 1 aliphatic heterocycles. The Balaban J connectivity index is 2.35. The molecule has 2 atom stereocenters. The SMILES string of the molecule is C[Si](C)(C)CC1OC1[Si](C)(C)C. The minimum atomic E-state index is -0.986. The Labute approximate surface area is 78.5 Å². The molecule has 1 heterocycles. The van der Waals surface area contributed by atoms with Crippen LogP contribution in [-0.2, 0) is 4.74 Å². The Hall–Kier alpha value is 0.394. The summed E-state index contributed by atoms with van der Waals surface area (Å²) in [7, 11) is -1.87.